The van der Waals surface area contributed by atoms with E-state index in [1.807, 2.05) is 0 Å². The second-order valence-corrected chi connectivity index (χ2v) is 9.12. The Kier molecular flexibility index (Phi) is 3.20. The highest BCUT2D eigenvalue weighted by atomic mass is 28.4. The van der Waals surface area contributed by atoms with Crippen molar-refractivity contribution in [3.05, 3.63) is 0 Å². The second kappa shape index (κ2) is 4.03. The normalized spacial score (nSPS) is 39.2. The zero-order valence-electron chi connectivity index (χ0n) is 11.7. The Bertz CT molecular complexity index is 262. The van der Waals surface area contributed by atoms with E-state index >= 15 is 0 Å². The molecule has 2 heterocycles. The Hall–Kier alpha value is 0.0569. The summed E-state index contributed by atoms with van der Waals surface area (Å²) in [7, 11) is -2.81. The van der Waals surface area contributed by atoms with E-state index in [4.69, 9.17) is 17.7 Å². The van der Waals surface area contributed by atoms with Crippen LogP contribution in [0.3, 0.4) is 0 Å². The van der Waals surface area contributed by atoms with Crippen molar-refractivity contribution < 1.29 is 17.7 Å². The van der Waals surface area contributed by atoms with Crippen LogP contribution in [0.1, 0.15) is 41.5 Å². The summed E-state index contributed by atoms with van der Waals surface area (Å²) in [6.07, 6.45) is 0.126. The van der Waals surface area contributed by atoms with Gasteiger partial charge in [-0.1, -0.05) is 41.5 Å². The fraction of sp³-hybridized carbons (Fsp3) is 1.00. The van der Waals surface area contributed by atoms with Crippen LogP contribution in [0.4, 0.5) is 0 Å². The van der Waals surface area contributed by atoms with Crippen molar-refractivity contribution >= 4 is 9.05 Å². The van der Waals surface area contributed by atoms with Gasteiger partial charge in [0.05, 0.1) is 25.4 Å². The molecule has 0 N–H and O–H groups in total. The zero-order valence-corrected chi connectivity index (χ0v) is 12.7. The van der Waals surface area contributed by atoms with E-state index in [-0.39, 0.29) is 23.0 Å². The summed E-state index contributed by atoms with van der Waals surface area (Å²) in [4.78, 5) is 0. The topological polar surface area (TPSA) is 36.9 Å². The van der Waals surface area contributed by atoms with Gasteiger partial charge in [-0.2, -0.15) is 0 Å². The van der Waals surface area contributed by atoms with Gasteiger partial charge in [-0.25, -0.2) is 0 Å². The van der Waals surface area contributed by atoms with Crippen LogP contribution in [0.25, 0.3) is 0 Å². The van der Waals surface area contributed by atoms with Gasteiger partial charge >= 0.3 is 9.05 Å². The molecule has 1 spiro atoms. The van der Waals surface area contributed by atoms with Crippen molar-refractivity contribution in [1.29, 1.82) is 0 Å². The Labute approximate surface area is 105 Å². The molecule has 0 amide bonds. The molecule has 2 rings (SSSR count). The van der Waals surface area contributed by atoms with E-state index in [1.165, 1.54) is 0 Å². The Morgan fingerprint density at radius 3 is 1.35 bits per heavy atom. The van der Waals surface area contributed by atoms with E-state index in [2.05, 4.69) is 41.5 Å². The lowest BCUT2D eigenvalue weighted by Gasteiger charge is -2.27. The average Bonchev–Trinajstić information content (AvgIpc) is 2.72. The van der Waals surface area contributed by atoms with Gasteiger partial charge in [-0.05, 0) is 10.8 Å². The summed E-state index contributed by atoms with van der Waals surface area (Å²) in [5.74, 6) is 0. The summed E-state index contributed by atoms with van der Waals surface area (Å²) in [6.45, 7) is 14.0. The van der Waals surface area contributed by atoms with Crippen molar-refractivity contribution in [3.8, 4) is 0 Å². The maximum absolute atomic E-state index is 5.97. The molecule has 2 aliphatic rings. The molecule has 0 bridgehead atoms. The molecule has 2 aliphatic heterocycles. The standard InChI is InChI=1S/C12H24O4Si/c1-11(2,3)9-7-13-17(15-9)14-8-10(16-17)12(4,5)6/h9-10H,7-8H2,1-6H3. The van der Waals surface area contributed by atoms with Crippen molar-refractivity contribution in [1.82, 2.24) is 0 Å². The molecule has 2 atom stereocenters. The minimum Gasteiger partial charge on any atom is -0.348 e. The highest BCUT2D eigenvalue weighted by Gasteiger charge is 2.61. The van der Waals surface area contributed by atoms with Gasteiger partial charge in [0, 0.05) is 0 Å². The molecule has 0 aliphatic carbocycles. The maximum Gasteiger partial charge on any atom is 0.680 e. The first kappa shape index (κ1) is 13.5. The molecule has 2 fully saturated rings. The van der Waals surface area contributed by atoms with Gasteiger partial charge in [0.2, 0.25) is 0 Å². The first-order valence-electron chi connectivity index (χ1n) is 6.26. The zero-order chi connectivity index (χ0) is 12.9. The van der Waals surface area contributed by atoms with Gasteiger partial charge in [-0.15, -0.1) is 0 Å². The van der Waals surface area contributed by atoms with Gasteiger partial charge in [0.1, 0.15) is 0 Å². The molecule has 17 heavy (non-hydrogen) atoms. The molecule has 5 heteroatoms. The predicted octanol–water partition coefficient (Wildman–Crippen LogP) is 2.34. The van der Waals surface area contributed by atoms with E-state index in [1.54, 1.807) is 0 Å². The molecular weight excluding hydrogens is 236 g/mol. The van der Waals surface area contributed by atoms with Gasteiger partial charge in [-0.3, -0.25) is 0 Å². The molecular formula is C12H24O4Si. The van der Waals surface area contributed by atoms with Crippen LogP contribution in [0.15, 0.2) is 0 Å². The number of hydrogen-bond donors (Lipinski definition) is 0. The summed E-state index contributed by atoms with van der Waals surface area (Å²) in [5.41, 5.74) is 0.117. The summed E-state index contributed by atoms with van der Waals surface area (Å²) >= 11 is 0. The fourth-order valence-corrected chi connectivity index (χ4v) is 4.49. The van der Waals surface area contributed by atoms with Gasteiger partial charge in [0.15, 0.2) is 0 Å². The summed E-state index contributed by atoms with van der Waals surface area (Å²) < 4.78 is 23.4. The first-order chi connectivity index (χ1) is 7.62. The summed E-state index contributed by atoms with van der Waals surface area (Å²) in [6, 6.07) is 0. The minimum absolute atomic E-state index is 0.0586. The average molecular weight is 260 g/mol. The lowest BCUT2D eigenvalue weighted by molar-refractivity contribution is 0.0275. The van der Waals surface area contributed by atoms with Crippen LogP contribution in [-0.2, 0) is 17.7 Å². The van der Waals surface area contributed by atoms with E-state index in [0.717, 1.165) is 0 Å². The second-order valence-electron chi connectivity index (χ2n) is 7.07. The smallest absolute Gasteiger partial charge is 0.348 e. The van der Waals surface area contributed by atoms with Crippen molar-refractivity contribution in [2.24, 2.45) is 10.8 Å². The quantitative estimate of drug-likeness (QED) is 0.627. The summed E-state index contributed by atoms with van der Waals surface area (Å²) in [5, 5.41) is 0. The largest absolute Gasteiger partial charge is 0.680 e. The lowest BCUT2D eigenvalue weighted by atomic mass is 9.90. The van der Waals surface area contributed by atoms with Crippen LogP contribution in [0, 0.1) is 10.8 Å². The monoisotopic (exact) mass is 260 g/mol. The van der Waals surface area contributed by atoms with E-state index in [9.17, 15) is 0 Å². The molecule has 0 aromatic rings. The van der Waals surface area contributed by atoms with Crippen LogP contribution < -0.4 is 0 Å². The Balaban J connectivity index is 2.01. The minimum atomic E-state index is -2.81. The molecule has 4 nitrogen and oxygen atoms in total. The van der Waals surface area contributed by atoms with E-state index < -0.39 is 9.05 Å². The third-order valence-electron chi connectivity index (χ3n) is 3.33. The molecule has 0 aromatic carbocycles. The lowest BCUT2D eigenvalue weighted by Crippen LogP contribution is -2.43. The molecule has 100 valence electrons. The SMILES string of the molecule is CC(C)(C)C1CO[Si]2(OCC(C(C)(C)C)O2)O1. The number of rotatable bonds is 0. The van der Waals surface area contributed by atoms with Crippen molar-refractivity contribution in [3.63, 3.8) is 0 Å². The van der Waals surface area contributed by atoms with Crippen LogP contribution in [-0.4, -0.2) is 34.5 Å². The first-order valence-corrected chi connectivity index (χ1v) is 7.89. The third kappa shape index (κ3) is 2.74. The highest BCUT2D eigenvalue weighted by Crippen LogP contribution is 2.39. The molecule has 2 saturated heterocycles. The Morgan fingerprint density at radius 2 is 1.12 bits per heavy atom. The van der Waals surface area contributed by atoms with Crippen molar-refractivity contribution in [2.45, 2.75) is 53.8 Å². The van der Waals surface area contributed by atoms with Crippen molar-refractivity contribution in [2.75, 3.05) is 13.2 Å². The van der Waals surface area contributed by atoms with Gasteiger partial charge < -0.3 is 17.7 Å². The van der Waals surface area contributed by atoms with Gasteiger partial charge in [0.25, 0.3) is 0 Å². The number of hydrogen-bond acceptors (Lipinski definition) is 4. The third-order valence-corrected chi connectivity index (χ3v) is 5.51. The Morgan fingerprint density at radius 1 is 0.765 bits per heavy atom. The van der Waals surface area contributed by atoms with Crippen LogP contribution in [0.2, 0.25) is 0 Å². The van der Waals surface area contributed by atoms with E-state index in [0.29, 0.717) is 13.2 Å². The highest BCUT2D eigenvalue weighted by molar-refractivity contribution is 6.54. The van der Waals surface area contributed by atoms with Crippen LogP contribution >= 0.6 is 0 Å². The molecule has 2 unspecified atom stereocenters. The molecule has 0 saturated carbocycles. The molecule has 0 aromatic heterocycles. The molecule has 0 radical (unpaired) electrons. The van der Waals surface area contributed by atoms with Crippen LogP contribution in [0.5, 0.6) is 0 Å². The predicted molar refractivity (Wildman–Crippen MR) is 66.3 cm³/mol. The fourth-order valence-electron chi connectivity index (χ4n) is 1.83. The maximum atomic E-state index is 5.97.